The topological polar surface area (TPSA) is 106 Å². The standard InChI is InChI=1S/C21H22N4O4/c1-13-12-18(23-19(26)14-4-8-16(28-2)9-5-14)24-21(22-13)25-20(27)15-6-10-17(29-3)11-7-15/h4-12,19,26H,1-3H3,(H2,22,23,24,25,27). The maximum absolute atomic E-state index is 12.4. The zero-order chi connectivity index (χ0) is 20.8. The molecule has 29 heavy (non-hydrogen) atoms. The average molecular weight is 394 g/mol. The minimum atomic E-state index is -0.986. The van der Waals surface area contributed by atoms with Gasteiger partial charge in [0.2, 0.25) is 5.95 Å². The molecule has 0 saturated heterocycles. The quantitative estimate of drug-likeness (QED) is 0.529. The van der Waals surface area contributed by atoms with Gasteiger partial charge in [0.05, 0.1) is 14.2 Å². The van der Waals surface area contributed by atoms with Gasteiger partial charge < -0.3 is 19.9 Å². The van der Waals surface area contributed by atoms with Crippen molar-refractivity contribution >= 4 is 17.7 Å². The number of rotatable bonds is 7. The number of hydrogen-bond acceptors (Lipinski definition) is 7. The van der Waals surface area contributed by atoms with E-state index in [0.29, 0.717) is 34.1 Å². The van der Waals surface area contributed by atoms with Gasteiger partial charge in [0, 0.05) is 22.9 Å². The molecule has 1 aromatic heterocycles. The lowest BCUT2D eigenvalue weighted by Gasteiger charge is -2.15. The fourth-order valence-corrected chi connectivity index (χ4v) is 2.62. The Balaban J connectivity index is 1.72. The van der Waals surface area contributed by atoms with Gasteiger partial charge in [0.25, 0.3) is 5.91 Å². The van der Waals surface area contributed by atoms with E-state index in [1.54, 1.807) is 75.7 Å². The van der Waals surface area contributed by atoms with E-state index in [2.05, 4.69) is 20.6 Å². The van der Waals surface area contributed by atoms with Crippen LogP contribution in [0.2, 0.25) is 0 Å². The van der Waals surface area contributed by atoms with Gasteiger partial charge in [-0.2, -0.15) is 4.98 Å². The van der Waals surface area contributed by atoms with Crippen LogP contribution in [0.1, 0.15) is 27.8 Å². The highest BCUT2D eigenvalue weighted by Crippen LogP contribution is 2.20. The summed E-state index contributed by atoms with van der Waals surface area (Å²) >= 11 is 0. The van der Waals surface area contributed by atoms with Gasteiger partial charge in [-0.05, 0) is 43.3 Å². The first-order valence-electron chi connectivity index (χ1n) is 8.88. The molecular weight excluding hydrogens is 372 g/mol. The summed E-state index contributed by atoms with van der Waals surface area (Å²) in [5.74, 6) is 1.52. The number of carbonyl (C=O) groups excluding carboxylic acids is 1. The fraction of sp³-hybridized carbons (Fsp3) is 0.190. The first kappa shape index (κ1) is 20.1. The third-order valence-electron chi connectivity index (χ3n) is 4.15. The molecule has 8 heteroatoms. The summed E-state index contributed by atoms with van der Waals surface area (Å²) in [7, 11) is 3.14. The zero-order valence-electron chi connectivity index (χ0n) is 16.3. The number of aliphatic hydroxyl groups excluding tert-OH is 1. The van der Waals surface area contributed by atoms with Crippen molar-refractivity contribution in [1.29, 1.82) is 0 Å². The molecular formula is C21H22N4O4. The number of benzene rings is 2. The van der Waals surface area contributed by atoms with Crippen LogP contribution < -0.4 is 20.1 Å². The smallest absolute Gasteiger partial charge is 0.258 e. The van der Waals surface area contributed by atoms with Crippen molar-refractivity contribution in [2.24, 2.45) is 0 Å². The summed E-state index contributed by atoms with van der Waals surface area (Å²) in [6, 6.07) is 15.4. The molecule has 0 aliphatic carbocycles. The van der Waals surface area contributed by atoms with Crippen LogP contribution in [0.4, 0.5) is 11.8 Å². The minimum Gasteiger partial charge on any atom is -0.497 e. The number of ether oxygens (including phenoxy) is 2. The van der Waals surface area contributed by atoms with Crippen molar-refractivity contribution < 1.29 is 19.4 Å². The van der Waals surface area contributed by atoms with Crippen LogP contribution in [0.15, 0.2) is 54.6 Å². The highest BCUT2D eigenvalue weighted by Gasteiger charge is 2.12. The van der Waals surface area contributed by atoms with E-state index < -0.39 is 6.23 Å². The van der Waals surface area contributed by atoms with E-state index in [1.165, 1.54) is 0 Å². The minimum absolute atomic E-state index is 0.134. The number of hydrogen-bond donors (Lipinski definition) is 3. The lowest BCUT2D eigenvalue weighted by Crippen LogP contribution is -2.16. The molecule has 2 aromatic carbocycles. The molecule has 3 rings (SSSR count). The lowest BCUT2D eigenvalue weighted by atomic mass is 10.2. The van der Waals surface area contributed by atoms with Crippen molar-refractivity contribution in [2.45, 2.75) is 13.2 Å². The van der Waals surface area contributed by atoms with Crippen molar-refractivity contribution in [1.82, 2.24) is 9.97 Å². The number of nitrogens with one attached hydrogen (secondary N) is 2. The summed E-state index contributed by atoms with van der Waals surface area (Å²) < 4.78 is 10.2. The molecule has 3 aromatic rings. The maximum atomic E-state index is 12.4. The Morgan fingerprint density at radius 2 is 1.55 bits per heavy atom. The number of aliphatic hydroxyl groups is 1. The molecule has 0 radical (unpaired) electrons. The van der Waals surface area contributed by atoms with Gasteiger partial charge in [-0.3, -0.25) is 10.1 Å². The summed E-state index contributed by atoms with van der Waals surface area (Å²) in [4.78, 5) is 20.9. The second-order valence-electron chi connectivity index (χ2n) is 6.22. The average Bonchev–Trinajstić information content (AvgIpc) is 2.73. The molecule has 1 heterocycles. The monoisotopic (exact) mass is 394 g/mol. The lowest BCUT2D eigenvalue weighted by molar-refractivity contribution is 0.102. The van der Waals surface area contributed by atoms with E-state index in [1.807, 2.05) is 0 Å². The molecule has 0 fully saturated rings. The molecule has 3 N–H and O–H groups in total. The van der Waals surface area contributed by atoms with Gasteiger partial charge in [-0.25, -0.2) is 4.98 Å². The van der Waals surface area contributed by atoms with Crippen LogP contribution in [0.25, 0.3) is 0 Å². The van der Waals surface area contributed by atoms with E-state index in [4.69, 9.17) is 9.47 Å². The third-order valence-corrected chi connectivity index (χ3v) is 4.15. The van der Waals surface area contributed by atoms with Crippen LogP contribution >= 0.6 is 0 Å². The molecule has 1 amide bonds. The molecule has 0 spiro atoms. The largest absolute Gasteiger partial charge is 0.497 e. The highest BCUT2D eigenvalue weighted by atomic mass is 16.5. The molecule has 0 aliphatic heterocycles. The molecule has 8 nitrogen and oxygen atoms in total. The Morgan fingerprint density at radius 1 is 0.966 bits per heavy atom. The fourth-order valence-electron chi connectivity index (χ4n) is 2.62. The van der Waals surface area contributed by atoms with Crippen molar-refractivity contribution in [3.63, 3.8) is 0 Å². The summed E-state index contributed by atoms with van der Waals surface area (Å²) in [5.41, 5.74) is 1.73. The summed E-state index contributed by atoms with van der Waals surface area (Å²) in [5, 5.41) is 16.0. The van der Waals surface area contributed by atoms with Crippen molar-refractivity contribution in [2.75, 3.05) is 24.9 Å². The van der Waals surface area contributed by atoms with E-state index >= 15 is 0 Å². The first-order chi connectivity index (χ1) is 14.0. The number of aromatic nitrogens is 2. The Morgan fingerprint density at radius 3 is 2.14 bits per heavy atom. The molecule has 0 bridgehead atoms. The third kappa shape index (κ3) is 5.20. The summed E-state index contributed by atoms with van der Waals surface area (Å²) in [6.07, 6.45) is -0.986. The van der Waals surface area contributed by atoms with Gasteiger partial charge >= 0.3 is 0 Å². The Kier molecular flexibility index (Phi) is 6.25. The van der Waals surface area contributed by atoms with Crippen molar-refractivity contribution in [3.05, 3.63) is 71.4 Å². The van der Waals surface area contributed by atoms with Crippen LogP contribution in [0.3, 0.4) is 0 Å². The van der Waals surface area contributed by atoms with Crippen molar-refractivity contribution in [3.8, 4) is 11.5 Å². The van der Waals surface area contributed by atoms with E-state index in [0.717, 1.165) is 0 Å². The second kappa shape index (κ2) is 9.03. The molecule has 0 aliphatic rings. The predicted molar refractivity (Wildman–Crippen MR) is 109 cm³/mol. The number of amides is 1. The number of carbonyl (C=O) groups is 1. The van der Waals surface area contributed by atoms with Crippen LogP contribution in [-0.2, 0) is 0 Å². The van der Waals surface area contributed by atoms with Crippen LogP contribution in [-0.4, -0.2) is 35.2 Å². The Hall–Kier alpha value is -3.65. The van der Waals surface area contributed by atoms with Gasteiger partial charge in [0.15, 0.2) is 6.23 Å². The van der Waals surface area contributed by atoms with E-state index in [9.17, 15) is 9.90 Å². The second-order valence-corrected chi connectivity index (χ2v) is 6.22. The molecule has 1 atom stereocenters. The number of aryl methyl sites for hydroxylation is 1. The van der Waals surface area contributed by atoms with Gasteiger partial charge in [-0.1, -0.05) is 12.1 Å². The van der Waals surface area contributed by atoms with Gasteiger partial charge in [0.1, 0.15) is 17.3 Å². The van der Waals surface area contributed by atoms with E-state index in [-0.39, 0.29) is 11.9 Å². The van der Waals surface area contributed by atoms with Gasteiger partial charge in [-0.15, -0.1) is 0 Å². The molecule has 150 valence electrons. The predicted octanol–water partition coefficient (Wildman–Crippen LogP) is 3.16. The highest BCUT2D eigenvalue weighted by molar-refractivity contribution is 6.03. The number of methoxy groups -OCH3 is 2. The zero-order valence-corrected chi connectivity index (χ0v) is 16.3. The van der Waals surface area contributed by atoms with Crippen LogP contribution in [0.5, 0.6) is 11.5 Å². The SMILES string of the molecule is COc1ccc(C(=O)Nc2nc(C)cc(NC(O)c3ccc(OC)cc3)n2)cc1. The number of nitrogens with zero attached hydrogens (tertiary/aromatic N) is 2. The maximum Gasteiger partial charge on any atom is 0.258 e. The number of anilines is 2. The van der Waals surface area contributed by atoms with Crippen LogP contribution in [0, 0.1) is 6.92 Å². The normalized spacial score (nSPS) is 11.4. The summed E-state index contributed by atoms with van der Waals surface area (Å²) in [6.45, 7) is 1.77. The first-order valence-corrected chi connectivity index (χ1v) is 8.88. The molecule has 0 saturated carbocycles. The Bertz CT molecular complexity index is 975. The molecule has 1 unspecified atom stereocenters. The Labute approximate surface area is 168 Å².